The molecular formula is C42H73NO5S2. The van der Waals surface area contributed by atoms with E-state index >= 15 is 0 Å². The Morgan fingerprint density at radius 2 is 1.44 bits per heavy atom. The third-order valence-corrected chi connectivity index (χ3v) is 13.1. The summed E-state index contributed by atoms with van der Waals surface area (Å²) in [6.07, 6.45) is 15.5. The van der Waals surface area contributed by atoms with Crippen molar-refractivity contribution in [2.24, 2.45) is 17.8 Å². The highest BCUT2D eigenvalue weighted by molar-refractivity contribution is 8.76. The first-order chi connectivity index (χ1) is 23.8. The summed E-state index contributed by atoms with van der Waals surface area (Å²) in [5.74, 6) is 5.54. The Kier molecular flexibility index (Phi) is 21.5. The highest BCUT2D eigenvalue weighted by Crippen LogP contribution is 2.45. The van der Waals surface area contributed by atoms with Crippen molar-refractivity contribution >= 4 is 33.5 Å². The molecule has 0 saturated heterocycles. The Hall–Kier alpha value is -1.38. The van der Waals surface area contributed by atoms with Crippen LogP contribution in [0.5, 0.6) is 11.5 Å². The molecule has 3 atom stereocenters. The van der Waals surface area contributed by atoms with Gasteiger partial charge in [-0.1, -0.05) is 101 Å². The van der Waals surface area contributed by atoms with E-state index in [2.05, 4.69) is 60.4 Å². The van der Waals surface area contributed by atoms with Crippen LogP contribution in [0.4, 0.5) is 0 Å². The van der Waals surface area contributed by atoms with Crippen LogP contribution in [-0.2, 0) is 20.7 Å². The molecule has 1 aliphatic heterocycles. The second-order valence-corrected chi connectivity index (χ2v) is 18.6. The lowest BCUT2D eigenvalue weighted by atomic mass is 9.83. The molecule has 1 heterocycles. The summed E-state index contributed by atoms with van der Waals surface area (Å²) in [5, 5.41) is 0. The number of hydrogen-bond donors (Lipinski definition) is 0. The zero-order valence-electron chi connectivity index (χ0n) is 33.7. The van der Waals surface area contributed by atoms with Crippen molar-refractivity contribution in [2.45, 2.75) is 164 Å². The molecule has 50 heavy (non-hydrogen) atoms. The van der Waals surface area contributed by atoms with E-state index in [0.29, 0.717) is 12.4 Å². The highest BCUT2D eigenvalue weighted by atomic mass is 33.1. The van der Waals surface area contributed by atoms with Gasteiger partial charge in [-0.15, -0.1) is 0 Å². The minimum Gasteiger partial charge on any atom is -0.487 e. The molecule has 0 aromatic heterocycles. The van der Waals surface area contributed by atoms with E-state index in [1.165, 1.54) is 63.5 Å². The van der Waals surface area contributed by atoms with Gasteiger partial charge in [-0.05, 0) is 108 Å². The maximum atomic E-state index is 12.9. The Morgan fingerprint density at radius 3 is 2.10 bits per heavy atom. The van der Waals surface area contributed by atoms with E-state index in [4.69, 9.17) is 14.2 Å². The molecule has 0 saturated carbocycles. The standard InChI is InChI=1S/C42H73NO5S2/c1-11-29-49-50-30-27-43(10)26-15-28-46-38(44)21-22-39(45)47-40-34(6)35(7)41-37(36(40)8)23-25-42(9,48-41)24-14-20-33(5)19-13-18-32(4)17-12-16-31(2)3/h31-33H,11-30H2,1-10H3. The average molecular weight is 736 g/mol. The summed E-state index contributed by atoms with van der Waals surface area (Å²) >= 11 is 0. The number of carbonyl (C=O) groups excluding carboxylic acids is 2. The lowest BCUT2D eigenvalue weighted by molar-refractivity contribution is -0.147. The van der Waals surface area contributed by atoms with Gasteiger partial charge in [0, 0.05) is 30.2 Å². The number of esters is 2. The van der Waals surface area contributed by atoms with Crippen molar-refractivity contribution < 1.29 is 23.8 Å². The molecule has 0 amide bonds. The van der Waals surface area contributed by atoms with E-state index in [9.17, 15) is 9.59 Å². The predicted octanol–water partition coefficient (Wildman–Crippen LogP) is 11.5. The molecule has 1 aromatic carbocycles. The molecule has 0 fully saturated rings. The summed E-state index contributed by atoms with van der Waals surface area (Å²) in [6.45, 7) is 22.3. The van der Waals surface area contributed by atoms with Gasteiger partial charge in [0.1, 0.15) is 17.1 Å². The first-order valence-corrected chi connectivity index (χ1v) is 22.4. The second kappa shape index (κ2) is 24.0. The summed E-state index contributed by atoms with van der Waals surface area (Å²) in [5.41, 5.74) is 3.91. The molecule has 0 spiro atoms. The normalized spacial score (nSPS) is 17.0. The molecule has 0 bridgehead atoms. The van der Waals surface area contributed by atoms with Gasteiger partial charge in [0.15, 0.2) is 0 Å². The van der Waals surface area contributed by atoms with Crippen LogP contribution < -0.4 is 9.47 Å². The number of hydrogen-bond acceptors (Lipinski definition) is 8. The number of carbonyl (C=O) groups is 2. The second-order valence-electron chi connectivity index (χ2n) is 15.9. The van der Waals surface area contributed by atoms with Crippen molar-refractivity contribution in [3.8, 4) is 11.5 Å². The van der Waals surface area contributed by atoms with Gasteiger partial charge < -0.3 is 19.1 Å². The van der Waals surface area contributed by atoms with Gasteiger partial charge in [-0.3, -0.25) is 9.59 Å². The number of nitrogens with zero attached hydrogens (tertiary/aromatic N) is 1. The Balaban J connectivity index is 1.76. The number of benzene rings is 1. The smallest absolute Gasteiger partial charge is 0.311 e. The molecule has 2 rings (SSSR count). The topological polar surface area (TPSA) is 65.1 Å². The molecule has 6 nitrogen and oxygen atoms in total. The minimum atomic E-state index is -0.401. The predicted molar refractivity (Wildman–Crippen MR) is 216 cm³/mol. The Labute approximate surface area is 315 Å². The van der Waals surface area contributed by atoms with Crippen molar-refractivity contribution in [3.63, 3.8) is 0 Å². The van der Waals surface area contributed by atoms with Crippen molar-refractivity contribution in [2.75, 3.05) is 38.2 Å². The van der Waals surface area contributed by atoms with Crippen LogP contribution >= 0.6 is 21.6 Å². The third kappa shape index (κ3) is 17.0. The first kappa shape index (κ1) is 44.8. The molecule has 8 heteroatoms. The van der Waals surface area contributed by atoms with Crippen LogP contribution in [0.15, 0.2) is 0 Å². The summed E-state index contributed by atoms with van der Waals surface area (Å²) in [7, 11) is 5.94. The first-order valence-electron chi connectivity index (χ1n) is 19.9. The highest BCUT2D eigenvalue weighted by Gasteiger charge is 2.35. The summed E-state index contributed by atoms with van der Waals surface area (Å²) in [4.78, 5) is 27.4. The zero-order chi connectivity index (χ0) is 37.1. The molecule has 0 N–H and O–H groups in total. The monoisotopic (exact) mass is 735 g/mol. The number of rotatable bonds is 26. The van der Waals surface area contributed by atoms with Gasteiger partial charge in [-0.2, -0.15) is 0 Å². The van der Waals surface area contributed by atoms with Crippen LogP contribution in [0.2, 0.25) is 0 Å². The Bertz CT molecular complexity index is 1160. The van der Waals surface area contributed by atoms with Gasteiger partial charge >= 0.3 is 11.9 Å². The summed E-state index contributed by atoms with van der Waals surface area (Å²) < 4.78 is 18.1. The van der Waals surface area contributed by atoms with Crippen LogP contribution in [0.3, 0.4) is 0 Å². The molecule has 0 radical (unpaired) electrons. The van der Waals surface area contributed by atoms with Gasteiger partial charge in [0.2, 0.25) is 0 Å². The number of fused-ring (bicyclic) bond motifs is 1. The largest absolute Gasteiger partial charge is 0.487 e. The van der Waals surface area contributed by atoms with Crippen LogP contribution in [0.25, 0.3) is 0 Å². The average Bonchev–Trinajstić information content (AvgIpc) is 3.06. The lowest BCUT2D eigenvalue weighted by Crippen LogP contribution is -2.37. The maximum absolute atomic E-state index is 12.9. The van der Waals surface area contributed by atoms with Crippen LogP contribution in [-0.4, -0.2) is 60.7 Å². The molecular weight excluding hydrogens is 663 g/mol. The fourth-order valence-electron chi connectivity index (χ4n) is 6.88. The van der Waals surface area contributed by atoms with Gasteiger partial charge in [0.05, 0.1) is 19.4 Å². The van der Waals surface area contributed by atoms with Crippen LogP contribution in [0.1, 0.15) is 154 Å². The van der Waals surface area contributed by atoms with Crippen molar-refractivity contribution in [1.82, 2.24) is 4.90 Å². The molecule has 3 unspecified atom stereocenters. The van der Waals surface area contributed by atoms with E-state index < -0.39 is 5.97 Å². The van der Waals surface area contributed by atoms with Gasteiger partial charge in [0.25, 0.3) is 0 Å². The minimum absolute atomic E-state index is 0.00468. The fraction of sp³-hybridized carbons (Fsp3) is 0.810. The zero-order valence-corrected chi connectivity index (χ0v) is 35.3. The van der Waals surface area contributed by atoms with Gasteiger partial charge in [-0.25, -0.2) is 0 Å². The molecule has 288 valence electrons. The quantitative estimate of drug-likeness (QED) is 0.0403. The van der Waals surface area contributed by atoms with Crippen molar-refractivity contribution in [1.29, 1.82) is 0 Å². The third-order valence-electron chi connectivity index (χ3n) is 10.5. The Morgan fingerprint density at radius 1 is 0.820 bits per heavy atom. The molecule has 1 aromatic rings. The molecule has 1 aliphatic rings. The molecule has 0 aliphatic carbocycles. The van der Waals surface area contributed by atoms with E-state index in [-0.39, 0.29) is 24.4 Å². The fourth-order valence-corrected chi connectivity index (χ4v) is 9.10. The maximum Gasteiger partial charge on any atom is 0.311 e. The summed E-state index contributed by atoms with van der Waals surface area (Å²) in [6, 6.07) is 0. The SMILES string of the molecule is CCCSSCCN(C)CCCOC(=O)CCC(=O)Oc1c(C)c(C)c2c(c1C)CCC(C)(CCCC(C)CCCC(C)CCCC(C)C)O2. The van der Waals surface area contributed by atoms with E-state index in [1.807, 2.05) is 35.4 Å². The number of ether oxygens (including phenoxy) is 3. The van der Waals surface area contributed by atoms with Crippen molar-refractivity contribution in [3.05, 3.63) is 22.3 Å². The lowest BCUT2D eigenvalue weighted by Gasteiger charge is -2.38. The van der Waals surface area contributed by atoms with Crippen LogP contribution in [0, 0.1) is 38.5 Å². The van der Waals surface area contributed by atoms with E-state index in [1.54, 1.807) is 0 Å². The van der Waals surface area contributed by atoms with E-state index in [0.717, 1.165) is 90.3 Å².